The van der Waals surface area contributed by atoms with Crippen molar-refractivity contribution in [2.75, 3.05) is 33.7 Å². The third-order valence-electron chi connectivity index (χ3n) is 12.8. The largest absolute Gasteiger partial charge is 0.459 e. The van der Waals surface area contributed by atoms with Gasteiger partial charge in [-0.05, 0) is 109 Å². The van der Waals surface area contributed by atoms with Crippen LogP contribution in [0, 0.1) is 27.9 Å². The van der Waals surface area contributed by atoms with E-state index in [0.717, 1.165) is 43.1 Å². The summed E-state index contributed by atoms with van der Waals surface area (Å²) in [6, 6.07) is 22.9. The standard InChI is InChI=1S/C50H53N3O12/c1-3-23-62-50-46(52(2)49(57)35-15-19-44-45(26-35)61-31-60-44)28-42(51-63-30-32-13-16-36(17-14-32)53(58)59)40-25-34(10-4-6-21-54)39(12-5-7-22-55)47(48(40)50)41-27-38(18-20-43(41)65-50)64-37-11-8-9-33(24-37)29-56/h3,8-9,11,13-20,24-27,29,34,39,46-48,54-55H,1,4-7,10,12,21-23,28,30-31H2,2H3/t34-,39+,46-,47+,48+,50+/m0/s1. The Labute approximate surface area is 377 Å². The number of carbonyl (C=O) groups excluding carboxylic acids is 2. The van der Waals surface area contributed by atoms with E-state index in [9.17, 15) is 29.9 Å². The van der Waals surface area contributed by atoms with Crippen LogP contribution in [0.15, 0.2) is 114 Å². The van der Waals surface area contributed by atoms with Gasteiger partial charge in [0.05, 0.1) is 23.2 Å². The molecule has 2 N–H and O–H groups in total. The number of carbonyl (C=O) groups is 2. The van der Waals surface area contributed by atoms with Crippen molar-refractivity contribution in [2.24, 2.45) is 22.9 Å². The number of unbranched alkanes of at least 4 members (excludes halogenated alkanes) is 2. The summed E-state index contributed by atoms with van der Waals surface area (Å²) in [5, 5.41) is 36.1. The zero-order valence-electron chi connectivity index (χ0n) is 36.2. The number of aliphatic hydroxyl groups excluding tert-OH is 2. The molecule has 0 radical (unpaired) electrons. The first kappa shape index (κ1) is 45.0. The number of amides is 1. The molecular formula is C50H53N3O12. The van der Waals surface area contributed by atoms with Gasteiger partial charge in [0.1, 0.15) is 36.2 Å². The Morgan fingerprint density at radius 3 is 2.46 bits per heavy atom. The molecule has 15 nitrogen and oxygen atoms in total. The van der Waals surface area contributed by atoms with E-state index in [2.05, 4.69) is 12.7 Å². The summed E-state index contributed by atoms with van der Waals surface area (Å²) >= 11 is 0. The number of aliphatic hydroxyl groups is 2. The first-order valence-corrected chi connectivity index (χ1v) is 22.0. The zero-order valence-corrected chi connectivity index (χ0v) is 36.2. The van der Waals surface area contributed by atoms with Gasteiger partial charge >= 0.3 is 0 Å². The first-order chi connectivity index (χ1) is 31.7. The number of benzene rings is 4. The predicted octanol–water partition coefficient (Wildman–Crippen LogP) is 8.53. The van der Waals surface area contributed by atoms with Crippen molar-refractivity contribution in [1.29, 1.82) is 0 Å². The second-order valence-corrected chi connectivity index (χ2v) is 16.7. The molecule has 1 saturated carbocycles. The second-order valence-electron chi connectivity index (χ2n) is 16.7. The molecule has 4 aromatic carbocycles. The van der Waals surface area contributed by atoms with E-state index < -0.39 is 22.7 Å². The van der Waals surface area contributed by atoms with Crippen LogP contribution >= 0.6 is 0 Å². The van der Waals surface area contributed by atoms with E-state index in [1.807, 2.05) is 18.2 Å². The van der Waals surface area contributed by atoms with Gasteiger partial charge in [0, 0.05) is 61.4 Å². The van der Waals surface area contributed by atoms with Crippen molar-refractivity contribution in [2.45, 2.75) is 69.3 Å². The van der Waals surface area contributed by atoms with Crippen molar-refractivity contribution in [3.05, 3.63) is 142 Å². The van der Waals surface area contributed by atoms with Gasteiger partial charge in [0.25, 0.3) is 11.6 Å². The molecule has 2 aliphatic heterocycles. The SMILES string of the molecule is C=CCO[C@@]12Oc3ccc(Oc4cccc(C=O)c4)cc3[C@H]3[C@H](CCCCO)[C@@H](CCCCO)C=C(C(=NOCc4ccc([N+](=O)[O-])cc4)C[C@@H]1N(C)C(=O)c1ccc4c(c1)OCO4)[C@H]32. The molecule has 0 aromatic heterocycles. The molecule has 0 saturated heterocycles. The molecule has 8 rings (SSSR count). The highest BCUT2D eigenvalue weighted by atomic mass is 16.7. The molecule has 1 fully saturated rings. The van der Waals surface area contributed by atoms with Gasteiger partial charge < -0.3 is 43.6 Å². The lowest BCUT2D eigenvalue weighted by molar-refractivity contribution is -0.384. The van der Waals surface area contributed by atoms with Crippen molar-refractivity contribution in [3.8, 4) is 28.7 Å². The number of nitro groups is 1. The normalized spacial score (nSPS) is 23.0. The number of hydrogen-bond acceptors (Lipinski definition) is 13. The van der Waals surface area contributed by atoms with Gasteiger partial charge in [0.2, 0.25) is 12.6 Å². The molecule has 6 atom stereocenters. The van der Waals surface area contributed by atoms with Gasteiger partial charge in [0.15, 0.2) is 11.5 Å². The van der Waals surface area contributed by atoms with Crippen LogP contribution in [-0.4, -0.2) is 83.4 Å². The van der Waals surface area contributed by atoms with Crippen molar-refractivity contribution in [3.63, 3.8) is 0 Å². The number of nitrogens with zero attached hydrogens (tertiary/aromatic N) is 3. The third kappa shape index (κ3) is 9.35. The number of fused-ring (bicyclic) bond motifs is 3. The third-order valence-corrected chi connectivity index (χ3v) is 12.8. The van der Waals surface area contributed by atoms with E-state index in [0.29, 0.717) is 64.0 Å². The number of ether oxygens (including phenoxy) is 5. The van der Waals surface area contributed by atoms with E-state index >= 15 is 0 Å². The smallest absolute Gasteiger partial charge is 0.269 e. The number of allylic oxidation sites excluding steroid dienone is 1. The van der Waals surface area contributed by atoms with E-state index in [1.54, 1.807) is 72.6 Å². The average molecular weight is 888 g/mol. The van der Waals surface area contributed by atoms with Crippen molar-refractivity contribution in [1.82, 2.24) is 4.90 Å². The van der Waals surface area contributed by atoms with Crippen LogP contribution in [0.25, 0.3) is 0 Å². The van der Waals surface area contributed by atoms with Gasteiger partial charge in [-0.15, -0.1) is 6.58 Å². The van der Waals surface area contributed by atoms with E-state index in [-0.39, 0.29) is 69.0 Å². The van der Waals surface area contributed by atoms with Crippen LogP contribution in [0.4, 0.5) is 5.69 Å². The maximum Gasteiger partial charge on any atom is 0.269 e. The Kier molecular flexibility index (Phi) is 13.9. The maximum atomic E-state index is 14.8. The minimum Gasteiger partial charge on any atom is -0.459 e. The minimum absolute atomic E-state index is 0.0159. The van der Waals surface area contributed by atoms with Crippen LogP contribution in [0.2, 0.25) is 0 Å². The molecular weight excluding hydrogens is 835 g/mol. The van der Waals surface area contributed by atoms with Gasteiger partial charge in [-0.3, -0.25) is 19.7 Å². The number of hydrogen-bond donors (Lipinski definition) is 2. The van der Waals surface area contributed by atoms with Crippen molar-refractivity contribution < 1.29 is 53.2 Å². The summed E-state index contributed by atoms with van der Waals surface area (Å²) in [5.41, 5.74) is 3.76. The molecule has 0 unspecified atom stereocenters. The molecule has 4 aliphatic rings. The quantitative estimate of drug-likeness (QED) is 0.0283. The van der Waals surface area contributed by atoms with Crippen molar-refractivity contribution >= 4 is 23.6 Å². The fourth-order valence-electron chi connectivity index (χ4n) is 9.85. The van der Waals surface area contributed by atoms with Crippen LogP contribution in [0.1, 0.15) is 82.7 Å². The lowest BCUT2D eigenvalue weighted by Crippen LogP contribution is -2.69. The van der Waals surface area contributed by atoms with Crippen LogP contribution < -0.4 is 18.9 Å². The van der Waals surface area contributed by atoms with Gasteiger partial charge in [-0.1, -0.05) is 42.3 Å². The molecule has 2 aliphatic carbocycles. The second kappa shape index (κ2) is 20.1. The molecule has 340 valence electrons. The number of non-ortho nitro benzene ring substituents is 1. The Morgan fingerprint density at radius 2 is 1.71 bits per heavy atom. The Bertz CT molecular complexity index is 2450. The maximum absolute atomic E-state index is 14.8. The highest BCUT2D eigenvalue weighted by Gasteiger charge is 2.65. The molecule has 0 bridgehead atoms. The Hall–Kier alpha value is -6.55. The molecule has 1 amide bonds. The topological polar surface area (TPSA) is 189 Å². The summed E-state index contributed by atoms with van der Waals surface area (Å²) < 4.78 is 31.9. The number of likely N-dealkylation sites (N-methyl/N-ethyl adjacent to an activating group) is 1. The summed E-state index contributed by atoms with van der Waals surface area (Å²) in [7, 11) is 1.72. The minimum atomic E-state index is -1.50. The fourth-order valence-corrected chi connectivity index (χ4v) is 9.85. The van der Waals surface area contributed by atoms with Crippen LogP contribution in [-0.2, 0) is 16.2 Å². The first-order valence-electron chi connectivity index (χ1n) is 22.0. The highest BCUT2D eigenvalue weighted by molar-refractivity contribution is 6.03. The predicted molar refractivity (Wildman–Crippen MR) is 239 cm³/mol. The number of rotatable bonds is 20. The molecule has 4 aromatic rings. The lowest BCUT2D eigenvalue weighted by atomic mass is 9.55. The van der Waals surface area contributed by atoms with Crippen LogP contribution in [0.3, 0.4) is 0 Å². The summed E-state index contributed by atoms with van der Waals surface area (Å²) in [6.45, 7) is 4.25. The molecule has 2 heterocycles. The Morgan fingerprint density at radius 1 is 0.954 bits per heavy atom. The fraction of sp³-hybridized carbons (Fsp3) is 0.380. The summed E-state index contributed by atoms with van der Waals surface area (Å²) in [4.78, 5) is 45.1. The van der Waals surface area contributed by atoms with Crippen LogP contribution in [0.5, 0.6) is 28.7 Å². The van der Waals surface area contributed by atoms with Gasteiger partial charge in [-0.25, -0.2) is 0 Å². The molecule has 65 heavy (non-hydrogen) atoms. The average Bonchev–Trinajstić information content (AvgIpc) is 3.80. The summed E-state index contributed by atoms with van der Waals surface area (Å²) in [5.74, 6) is -0.198. The molecule has 15 heteroatoms. The van der Waals surface area contributed by atoms with Gasteiger partial charge in [-0.2, -0.15) is 0 Å². The highest BCUT2D eigenvalue weighted by Crippen LogP contribution is 2.62. The number of nitro benzene ring substituents is 1. The number of oxime groups is 1. The lowest BCUT2D eigenvalue weighted by Gasteiger charge is -2.59. The number of aldehydes is 1. The summed E-state index contributed by atoms with van der Waals surface area (Å²) in [6.07, 6.45) is 9.03. The van der Waals surface area contributed by atoms with E-state index in [1.165, 1.54) is 12.1 Å². The van der Waals surface area contributed by atoms with E-state index in [4.69, 9.17) is 33.7 Å². The Balaban J connectivity index is 1.29. The zero-order chi connectivity index (χ0) is 45.5. The monoisotopic (exact) mass is 887 g/mol. The molecule has 0 spiro atoms.